The van der Waals surface area contributed by atoms with E-state index in [2.05, 4.69) is 27.8 Å². The molecule has 7 heteroatoms. The Morgan fingerprint density at radius 1 is 0.857 bits per heavy atom. The van der Waals surface area contributed by atoms with Gasteiger partial charge < -0.3 is 4.90 Å². The molecular formula is C28H32Cl2N2O2S. The number of sulfonamides is 1. The van der Waals surface area contributed by atoms with E-state index in [9.17, 15) is 8.42 Å². The quantitative estimate of drug-likeness (QED) is 0.316. The van der Waals surface area contributed by atoms with Crippen LogP contribution in [0.5, 0.6) is 0 Å². The summed E-state index contributed by atoms with van der Waals surface area (Å²) in [5.41, 5.74) is 2.53. The Bertz CT molecular complexity index is 1180. The summed E-state index contributed by atoms with van der Waals surface area (Å²) in [7, 11) is -3.51. The Morgan fingerprint density at radius 3 is 2.26 bits per heavy atom. The van der Waals surface area contributed by atoms with Gasteiger partial charge >= 0.3 is 0 Å². The molecule has 0 radical (unpaired) electrons. The van der Waals surface area contributed by atoms with Crippen LogP contribution in [-0.4, -0.2) is 39.5 Å². The highest BCUT2D eigenvalue weighted by Gasteiger charge is 2.22. The first kappa shape index (κ1) is 26.2. The van der Waals surface area contributed by atoms with Crippen molar-refractivity contribution in [3.8, 4) is 0 Å². The van der Waals surface area contributed by atoms with Crippen molar-refractivity contribution in [2.45, 2.75) is 42.4 Å². The van der Waals surface area contributed by atoms with E-state index in [0.29, 0.717) is 28.8 Å². The number of nitrogens with zero attached hydrogens (tertiary/aromatic N) is 1. The highest BCUT2D eigenvalue weighted by Crippen LogP contribution is 2.31. The molecule has 0 amide bonds. The minimum absolute atomic E-state index is 0.223. The van der Waals surface area contributed by atoms with Gasteiger partial charge in [-0.2, -0.15) is 0 Å². The smallest absolute Gasteiger partial charge is 0.240 e. The number of rotatable bonds is 10. The zero-order valence-corrected chi connectivity index (χ0v) is 22.1. The molecule has 3 aromatic rings. The van der Waals surface area contributed by atoms with Gasteiger partial charge in [0.2, 0.25) is 10.0 Å². The number of piperidine rings is 1. The molecule has 186 valence electrons. The molecule has 35 heavy (non-hydrogen) atoms. The summed E-state index contributed by atoms with van der Waals surface area (Å²) in [6.07, 6.45) is 3.95. The molecule has 1 heterocycles. The van der Waals surface area contributed by atoms with E-state index in [-0.39, 0.29) is 5.92 Å². The average molecular weight is 532 g/mol. The van der Waals surface area contributed by atoms with Gasteiger partial charge in [-0.3, -0.25) is 0 Å². The van der Waals surface area contributed by atoms with Gasteiger partial charge in [-0.1, -0.05) is 65.7 Å². The zero-order valence-electron chi connectivity index (χ0n) is 19.7. The van der Waals surface area contributed by atoms with Gasteiger partial charge in [-0.05, 0) is 105 Å². The summed E-state index contributed by atoms with van der Waals surface area (Å²) in [5.74, 6) is 0.806. The molecule has 0 aliphatic carbocycles. The number of benzene rings is 3. The molecule has 1 saturated heterocycles. The number of nitrogens with one attached hydrogen (secondary N) is 1. The number of hydrogen-bond acceptors (Lipinski definition) is 3. The summed E-state index contributed by atoms with van der Waals surface area (Å²) in [6, 6.07) is 24.7. The van der Waals surface area contributed by atoms with E-state index in [1.54, 1.807) is 24.3 Å². The Morgan fingerprint density at radius 2 is 1.57 bits per heavy atom. The van der Waals surface area contributed by atoms with Gasteiger partial charge in [0.1, 0.15) is 0 Å². The molecule has 1 atom stereocenters. The molecule has 0 spiro atoms. The van der Waals surface area contributed by atoms with Crippen molar-refractivity contribution in [2.75, 3.05) is 26.2 Å². The number of hydrogen-bond donors (Lipinski definition) is 1. The SMILES string of the molecule is O=S(=O)(NCCC(CCN1CCC(c2ccc(Cl)cc2)CC1)c1cccc(Cl)c1)c1ccccc1. The van der Waals surface area contributed by atoms with E-state index < -0.39 is 10.0 Å². The average Bonchev–Trinajstić information content (AvgIpc) is 2.87. The van der Waals surface area contributed by atoms with E-state index in [0.717, 1.165) is 49.5 Å². The van der Waals surface area contributed by atoms with Crippen molar-refractivity contribution in [2.24, 2.45) is 0 Å². The summed E-state index contributed by atoms with van der Waals surface area (Å²) in [5, 5.41) is 1.49. The van der Waals surface area contributed by atoms with Gasteiger partial charge in [-0.25, -0.2) is 13.1 Å². The molecule has 0 saturated carbocycles. The normalized spacial score (nSPS) is 16.3. The fraction of sp³-hybridized carbons (Fsp3) is 0.357. The van der Waals surface area contributed by atoms with Crippen LogP contribution in [0.2, 0.25) is 10.0 Å². The molecule has 1 aliphatic rings. The first-order chi connectivity index (χ1) is 16.9. The molecular weight excluding hydrogens is 499 g/mol. The molecule has 3 aromatic carbocycles. The maximum absolute atomic E-state index is 12.6. The van der Waals surface area contributed by atoms with Crippen molar-refractivity contribution in [3.05, 3.63) is 100 Å². The lowest BCUT2D eigenvalue weighted by molar-refractivity contribution is 0.204. The second kappa shape index (κ2) is 12.4. The highest BCUT2D eigenvalue weighted by atomic mass is 35.5. The van der Waals surface area contributed by atoms with E-state index in [4.69, 9.17) is 23.2 Å². The van der Waals surface area contributed by atoms with Crippen LogP contribution >= 0.6 is 23.2 Å². The van der Waals surface area contributed by atoms with Crippen LogP contribution in [0, 0.1) is 0 Å². The predicted molar refractivity (Wildman–Crippen MR) is 145 cm³/mol. The van der Waals surface area contributed by atoms with Crippen LogP contribution in [0.4, 0.5) is 0 Å². The largest absolute Gasteiger partial charge is 0.303 e. The Labute approximate surface area is 219 Å². The van der Waals surface area contributed by atoms with Crippen molar-refractivity contribution < 1.29 is 8.42 Å². The van der Waals surface area contributed by atoms with Crippen LogP contribution < -0.4 is 4.72 Å². The van der Waals surface area contributed by atoms with Gasteiger partial charge in [0.05, 0.1) is 4.90 Å². The Hall–Kier alpha value is -1.89. The fourth-order valence-corrected chi connectivity index (χ4v) is 6.25. The van der Waals surface area contributed by atoms with Crippen molar-refractivity contribution in [1.82, 2.24) is 9.62 Å². The monoisotopic (exact) mass is 530 g/mol. The minimum Gasteiger partial charge on any atom is -0.303 e. The third-order valence-electron chi connectivity index (χ3n) is 6.88. The zero-order chi connectivity index (χ0) is 24.7. The minimum atomic E-state index is -3.51. The summed E-state index contributed by atoms with van der Waals surface area (Å²) in [4.78, 5) is 2.82. The Kier molecular flexibility index (Phi) is 9.26. The van der Waals surface area contributed by atoms with Gasteiger partial charge in [-0.15, -0.1) is 0 Å². The first-order valence-electron chi connectivity index (χ1n) is 12.2. The van der Waals surface area contributed by atoms with Crippen LogP contribution in [0.3, 0.4) is 0 Å². The lowest BCUT2D eigenvalue weighted by Crippen LogP contribution is -2.34. The predicted octanol–water partition coefficient (Wildman–Crippen LogP) is 6.72. The van der Waals surface area contributed by atoms with Crippen molar-refractivity contribution in [3.63, 3.8) is 0 Å². The van der Waals surface area contributed by atoms with Crippen LogP contribution in [0.1, 0.15) is 48.6 Å². The molecule has 1 aliphatic heterocycles. The molecule has 4 rings (SSSR count). The number of likely N-dealkylation sites (tertiary alicyclic amines) is 1. The van der Waals surface area contributed by atoms with E-state index >= 15 is 0 Å². The third kappa shape index (κ3) is 7.55. The lowest BCUT2D eigenvalue weighted by Gasteiger charge is -2.33. The molecule has 4 nitrogen and oxygen atoms in total. The van der Waals surface area contributed by atoms with Gasteiger partial charge in [0.25, 0.3) is 0 Å². The van der Waals surface area contributed by atoms with Crippen molar-refractivity contribution >= 4 is 33.2 Å². The van der Waals surface area contributed by atoms with E-state index in [1.165, 1.54) is 5.56 Å². The van der Waals surface area contributed by atoms with Crippen LogP contribution in [-0.2, 0) is 10.0 Å². The molecule has 1 fully saturated rings. The standard InChI is InChI=1S/C28H32Cl2N2O2S/c29-26-11-9-22(10-12-26)24-15-19-32(20-16-24)18-14-23(25-5-4-6-27(30)21-25)13-17-31-35(33,34)28-7-2-1-3-8-28/h1-12,21,23-24,31H,13-20H2. The van der Waals surface area contributed by atoms with Crippen molar-refractivity contribution in [1.29, 1.82) is 0 Å². The first-order valence-corrected chi connectivity index (χ1v) is 14.4. The molecule has 1 unspecified atom stereocenters. The van der Waals surface area contributed by atoms with E-state index in [1.807, 2.05) is 36.4 Å². The van der Waals surface area contributed by atoms with Gasteiger partial charge in [0, 0.05) is 16.6 Å². The van der Waals surface area contributed by atoms with Crippen LogP contribution in [0.15, 0.2) is 83.8 Å². The summed E-state index contributed by atoms with van der Waals surface area (Å²) in [6.45, 7) is 3.50. The second-order valence-corrected chi connectivity index (χ2v) is 11.8. The second-order valence-electron chi connectivity index (χ2n) is 9.21. The fourth-order valence-electron chi connectivity index (χ4n) is 4.85. The highest BCUT2D eigenvalue weighted by molar-refractivity contribution is 7.89. The summed E-state index contributed by atoms with van der Waals surface area (Å²) >= 11 is 12.3. The lowest BCUT2D eigenvalue weighted by atomic mass is 9.88. The maximum atomic E-state index is 12.6. The molecule has 1 N–H and O–H groups in total. The third-order valence-corrected chi connectivity index (χ3v) is 8.85. The van der Waals surface area contributed by atoms with Gasteiger partial charge in [0.15, 0.2) is 0 Å². The Balaban J connectivity index is 1.33. The summed E-state index contributed by atoms with van der Waals surface area (Å²) < 4.78 is 28.0. The topological polar surface area (TPSA) is 49.4 Å². The maximum Gasteiger partial charge on any atom is 0.240 e. The molecule has 0 aromatic heterocycles. The number of halogens is 2. The molecule has 0 bridgehead atoms. The van der Waals surface area contributed by atoms with Crippen LogP contribution in [0.25, 0.3) is 0 Å².